The smallest absolute Gasteiger partial charge is 0.409 e. The Bertz CT molecular complexity index is 487. The maximum Gasteiger partial charge on any atom is 0.409 e. The predicted octanol–water partition coefficient (Wildman–Crippen LogP) is 1.57. The van der Waals surface area contributed by atoms with Crippen LogP contribution < -0.4 is 0 Å². The molecule has 1 aliphatic carbocycles. The first-order valence-corrected chi connectivity index (χ1v) is 9.96. The lowest BCUT2D eigenvalue weighted by Crippen LogP contribution is -2.56. The normalized spacial score (nSPS) is 29.6. The SMILES string of the molecule is CCOC(=O)N1CCC2(CC(N3CCC(N(C=O)CCOC)CC3)C2)C1. The van der Waals surface area contributed by atoms with E-state index in [4.69, 9.17) is 9.47 Å². The molecule has 0 unspecified atom stereocenters. The molecule has 1 spiro atoms. The van der Waals surface area contributed by atoms with E-state index in [-0.39, 0.29) is 6.09 Å². The summed E-state index contributed by atoms with van der Waals surface area (Å²) in [7, 11) is 1.67. The van der Waals surface area contributed by atoms with Gasteiger partial charge in [0.05, 0.1) is 13.2 Å². The summed E-state index contributed by atoms with van der Waals surface area (Å²) in [6, 6.07) is 0.987. The van der Waals surface area contributed by atoms with E-state index in [0.29, 0.717) is 37.3 Å². The molecule has 3 fully saturated rings. The first-order chi connectivity index (χ1) is 12.6. The summed E-state index contributed by atoms with van der Waals surface area (Å²) in [6.45, 7) is 7.39. The van der Waals surface area contributed by atoms with Gasteiger partial charge in [-0.3, -0.25) is 4.79 Å². The minimum atomic E-state index is -0.154. The third-order valence-corrected chi connectivity index (χ3v) is 6.48. The fraction of sp³-hybridized carbons (Fsp3) is 0.895. The molecule has 7 nitrogen and oxygen atoms in total. The van der Waals surface area contributed by atoms with Crippen LogP contribution in [0, 0.1) is 5.41 Å². The van der Waals surface area contributed by atoms with Crippen molar-refractivity contribution in [2.24, 2.45) is 5.41 Å². The summed E-state index contributed by atoms with van der Waals surface area (Å²) in [4.78, 5) is 29.6. The molecule has 2 amide bonds. The molecule has 2 aliphatic heterocycles. The molecule has 7 heteroatoms. The van der Waals surface area contributed by atoms with Crippen molar-refractivity contribution < 1.29 is 19.1 Å². The minimum Gasteiger partial charge on any atom is -0.450 e. The first kappa shape index (κ1) is 19.4. The van der Waals surface area contributed by atoms with Gasteiger partial charge in [0, 0.05) is 51.9 Å². The maximum absolute atomic E-state index is 11.9. The van der Waals surface area contributed by atoms with Crippen LogP contribution in [-0.4, -0.2) is 92.3 Å². The number of likely N-dealkylation sites (tertiary alicyclic amines) is 2. The number of amides is 2. The molecule has 1 saturated carbocycles. The van der Waals surface area contributed by atoms with E-state index in [0.717, 1.165) is 51.9 Å². The number of piperidine rings is 1. The van der Waals surface area contributed by atoms with Crippen LogP contribution in [0.3, 0.4) is 0 Å². The summed E-state index contributed by atoms with van der Waals surface area (Å²) in [5.41, 5.74) is 0.321. The molecule has 3 rings (SSSR count). The van der Waals surface area contributed by atoms with Crippen LogP contribution in [0.4, 0.5) is 4.79 Å². The monoisotopic (exact) mass is 367 g/mol. The van der Waals surface area contributed by atoms with Gasteiger partial charge in [0.1, 0.15) is 0 Å². The van der Waals surface area contributed by atoms with Gasteiger partial charge in [-0.2, -0.15) is 0 Å². The van der Waals surface area contributed by atoms with Crippen LogP contribution in [0.15, 0.2) is 0 Å². The average molecular weight is 367 g/mol. The summed E-state index contributed by atoms with van der Waals surface area (Å²) >= 11 is 0. The highest BCUT2D eigenvalue weighted by molar-refractivity contribution is 5.68. The number of methoxy groups -OCH3 is 1. The zero-order valence-electron chi connectivity index (χ0n) is 16.2. The molecular weight excluding hydrogens is 334 g/mol. The molecule has 0 aromatic rings. The van der Waals surface area contributed by atoms with Gasteiger partial charge in [0.15, 0.2) is 0 Å². The summed E-state index contributed by atoms with van der Waals surface area (Å²) in [5.74, 6) is 0. The Labute approximate surface area is 156 Å². The van der Waals surface area contributed by atoms with E-state index in [1.165, 1.54) is 12.8 Å². The van der Waals surface area contributed by atoms with Gasteiger partial charge in [0.2, 0.25) is 6.41 Å². The molecule has 0 bridgehead atoms. The number of hydrogen-bond acceptors (Lipinski definition) is 5. The summed E-state index contributed by atoms with van der Waals surface area (Å²) in [6.07, 6.45) is 6.39. The van der Waals surface area contributed by atoms with Gasteiger partial charge >= 0.3 is 6.09 Å². The molecule has 0 radical (unpaired) electrons. The van der Waals surface area contributed by atoms with Gasteiger partial charge in [-0.1, -0.05) is 0 Å². The van der Waals surface area contributed by atoms with Crippen LogP contribution >= 0.6 is 0 Å². The summed E-state index contributed by atoms with van der Waals surface area (Å²) < 4.78 is 10.2. The first-order valence-electron chi connectivity index (χ1n) is 9.96. The van der Waals surface area contributed by atoms with Gasteiger partial charge in [-0.05, 0) is 44.4 Å². The van der Waals surface area contributed by atoms with Crippen LogP contribution in [0.25, 0.3) is 0 Å². The largest absolute Gasteiger partial charge is 0.450 e. The lowest BCUT2D eigenvalue weighted by molar-refractivity contribution is -0.122. The van der Waals surface area contributed by atoms with E-state index in [1.54, 1.807) is 7.11 Å². The van der Waals surface area contributed by atoms with E-state index < -0.39 is 0 Å². The Balaban J connectivity index is 1.41. The number of carbonyl (C=O) groups excluding carboxylic acids is 2. The van der Waals surface area contributed by atoms with Crippen molar-refractivity contribution >= 4 is 12.5 Å². The highest BCUT2D eigenvalue weighted by Gasteiger charge is 2.51. The maximum atomic E-state index is 11.9. The Morgan fingerprint density at radius 2 is 2.00 bits per heavy atom. The minimum absolute atomic E-state index is 0.154. The molecule has 26 heavy (non-hydrogen) atoms. The standard InChI is InChI=1S/C19H33N3O4/c1-3-26-18(24)21-9-6-19(14-21)12-17(13-19)20-7-4-16(5-8-20)22(15-23)10-11-25-2/h15-17H,3-14H2,1-2H3. The Morgan fingerprint density at radius 3 is 2.62 bits per heavy atom. The molecule has 0 atom stereocenters. The van der Waals surface area contributed by atoms with Crippen LogP contribution in [0.2, 0.25) is 0 Å². The molecule has 148 valence electrons. The van der Waals surface area contributed by atoms with Gasteiger partial charge < -0.3 is 24.2 Å². The van der Waals surface area contributed by atoms with Crippen molar-refractivity contribution in [2.45, 2.75) is 51.1 Å². The Hall–Kier alpha value is -1.34. The predicted molar refractivity (Wildman–Crippen MR) is 97.9 cm³/mol. The van der Waals surface area contributed by atoms with Crippen molar-refractivity contribution in [2.75, 3.05) is 53.0 Å². The second-order valence-electron chi connectivity index (χ2n) is 8.04. The molecule has 3 aliphatic rings. The van der Waals surface area contributed by atoms with E-state index in [2.05, 4.69) is 4.90 Å². The molecule has 0 aromatic carbocycles. The number of ether oxygens (including phenoxy) is 2. The highest BCUT2D eigenvalue weighted by atomic mass is 16.6. The molecule has 2 saturated heterocycles. The number of carbonyl (C=O) groups is 2. The summed E-state index contributed by atoms with van der Waals surface area (Å²) in [5, 5.41) is 0. The fourth-order valence-corrected chi connectivity index (χ4v) is 4.94. The van der Waals surface area contributed by atoms with Crippen LogP contribution in [0.1, 0.15) is 39.0 Å². The fourth-order valence-electron chi connectivity index (χ4n) is 4.94. The van der Waals surface area contributed by atoms with Crippen molar-refractivity contribution in [3.8, 4) is 0 Å². The second kappa shape index (κ2) is 8.57. The van der Waals surface area contributed by atoms with E-state index in [9.17, 15) is 9.59 Å². The van der Waals surface area contributed by atoms with E-state index in [1.807, 2.05) is 16.7 Å². The van der Waals surface area contributed by atoms with E-state index >= 15 is 0 Å². The Morgan fingerprint density at radius 1 is 1.27 bits per heavy atom. The Kier molecular flexibility index (Phi) is 6.40. The third-order valence-electron chi connectivity index (χ3n) is 6.48. The average Bonchev–Trinajstić information content (AvgIpc) is 3.08. The second-order valence-corrected chi connectivity index (χ2v) is 8.04. The van der Waals surface area contributed by atoms with Gasteiger partial charge in [-0.25, -0.2) is 4.79 Å². The zero-order chi connectivity index (χ0) is 18.6. The molecule has 0 aromatic heterocycles. The molecule has 2 heterocycles. The topological polar surface area (TPSA) is 62.3 Å². The lowest BCUT2D eigenvalue weighted by Gasteiger charge is -2.52. The van der Waals surface area contributed by atoms with Gasteiger partial charge in [0.25, 0.3) is 0 Å². The number of rotatable bonds is 7. The molecular formula is C19H33N3O4. The van der Waals surface area contributed by atoms with Crippen molar-refractivity contribution in [1.29, 1.82) is 0 Å². The number of hydrogen-bond donors (Lipinski definition) is 0. The number of nitrogens with zero attached hydrogens (tertiary/aromatic N) is 3. The lowest BCUT2D eigenvalue weighted by atomic mass is 9.64. The van der Waals surface area contributed by atoms with Crippen molar-refractivity contribution in [3.63, 3.8) is 0 Å². The van der Waals surface area contributed by atoms with Crippen LogP contribution in [0.5, 0.6) is 0 Å². The van der Waals surface area contributed by atoms with Crippen molar-refractivity contribution in [3.05, 3.63) is 0 Å². The zero-order valence-corrected chi connectivity index (χ0v) is 16.2. The van der Waals surface area contributed by atoms with Crippen molar-refractivity contribution in [1.82, 2.24) is 14.7 Å². The third kappa shape index (κ3) is 4.14. The molecule has 0 N–H and O–H groups in total. The van der Waals surface area contributed by atoms with Gasteiger partial charge in [-0.15, -0.1) is 0 Å². The highest BCUT2D eigenvalue weighted by Crippen LogP contribution is 2.50. The quantitative estimate of drug-likeness (QED) is 0.639. The van der Waals surface area contributed by atoms with Crippen LogP contribution in [-0.2, 0) is 14.3 Å².